The molecule has 0 heterocycles. The van der Waals surface area contributed by atoms with Crippen LogP contribution in [0.15, 0.2) is 97.1 Å². The van der Waals surface area contributed by atoms with E-state index in [-0.39, 0.29) is 12.0 Å². The van der Waals surface area contributed by atoms with Gasteiger partial charge in [-0.3, -0.25) is 10.1 Å². The Labute approximate surface area is 260 Å². The van der Waals surface area contributed by atoms with Crippen LogP contribution in [0.5, 0.6) is 23.0 Å². The third-order valence-corrected chi connectivity index (χ3v) is 6.49. The van der Waals surface area contributed by atoms with E-state index in [2.05, 4.69) is 10.1 Å². The number of rotatable bonds is 11. The second-order valence-corrected chi connectivity index (χ2v) is 9.56. The average Bonchev–Trinajstić information content (AvgIpc) is 3.07. The zero-order valence-corrected chi connectivity index (χ0v) is 24.9. The van der Waals surface area contributed by atoms with Crippen LogP contribution in [-0.2, 0) is 25.5 Å². The van der Waals surface area contributed by atoms with Crippen LogP contribution in [0.25, 0.3) is 11.6 Å². The Morgan fingerprint density at radius 3 is 1.87 bits per heavy atom. The quantitative estimate of drug-likeness (QED) is 0.0911. The van der Waals surface area contributed by atoms with Gasteiger partial charge in [-0.05, 0) is 77.7 Å². The highest BCUT2D eigenvalue weighted by Gasteiger charge is 2.16. The molecule has 0 unspecified atom stereocenters. The van der Waals surface area contributed by atoms with E-state index in [1.807, 2.05) is 0 Å². The first-order valence-corrected chi connectivity index (χ1v) is 13.8. The minimum atomic E-state index is -1.13. The second-order valence-electron chi connectivity index (χ2n) is 9.56. The monoisotopic (exact) mass is 609 g/mol. The van der Waals surface area contributed by atoms with Crippen molar-refractivity contribution in [2.24, 2.45) is 0 Å². The molecule has 230 valence electrons. The van der Waals surface area contributed by atoms with Crippen molar-refractivity contribution in [2.75, 3.05) is 21.3 Å². The van der Waals surface area contributed by atoms with Gasteiger partial charge in [0.15, 0.2) is 0 Å². The summed E-state index contributed by atoms with van der Waals surface area (Å²) in [6.45, 7) is 0. The maximum absolute atomic E-state index is 12.6. The SMILES string of the molecule is COC(=O)/C(=C/c1cc(OC)cc(OC)c1)c1ccc(Oc2ccc(CCC(=O)NC(=O)OC(=O)c3ccccc3)cc2)cc1. The summed E-state index contributed by atoms with van der Waals surface area (Å²) in [7, 11) is 4.42. The number of benzene rings is 4. The number of amides is 2. The van der Waals surface area contributed by atoms with Crippen molar-refractivity contribution < 1.29 is 42.9 Å². The van der Waals surface area contributed by atoms with E-state index in [0.717, 1.165) is 5.56 Å². The minimum Gasteiger partial charge on any atom is -0.497 e. The summed E-state index contributed by atoms with van der Waals surface area (Å²) in [6.07, 6.45) is 0.925. The number of carbonyl (C=O) groups excluding carboxylic acids is 4. The van der Waals surface area contributed by atoms with Crippen LogP contribution in [0.2, 0.25) is 0 Å². The number of alkyl carbamates (subject to hydrolysis) is 1. The van der Waals surface area contributed by atoms with Gasteiger partial charge < -0.3 is 23.7 Å². The standard InChI is InChI=1S/C35H31NO9/c1-41-29-19-24(20-30(22-29)42-2)21-31(34(39)43-3)25-12-16-28(17-13-25)44-27-14-9-23(10-15-27)11-18-32(37)36-35(40)45-33(38)26-7-5-4-6-8-26/h4-10,12-17,19-22H,11,18H2,1-3H3,(H,36,37,40)/b31-21+. The Bertz CT molecular complexity index is 1660. The lowest BCUT2D eigenvalue weighted by molar-refractivity contribution is -0.133. The Kier molecular flexibility index (Phi) is 11.1. The molecule has 4 rings (SSSR count). The molecular weight excluding hydrogens is 578 g/mol. The third kappa shape index (κ3) is 9.29. The third-order valence-electron chi connectivity index (χ3n) is 6.49. The average molecular weight is 610 g/mol. The highest BCUT2D eigenvalue weighted by atomic mass is 16.6. The van der Waals surface area contributed by atoms with Gasteiger partial charge in [0.1, 0.15) is 23.0 Å². The molecule has 0 spiro atoms. The first kappa shape index (κ1) is 32.0. The zero-order chi connectivity index (χ0) is 32.2. The zero-order valence-electron chi connectivity index (χ0n) is 24.9. The summed E-state index contributed by atoms with van der Waals surface area (Å²) < 4.78 is 26.3. The molecular formula is C35H31NO9. The van der Waals surface area contributed by atoms with Crippen molar-refractivity contribution in [3.63, 3.8) is 0 Å². The molecule has 0 aromatic heterocycles. The highest BCUT2D eigenvalue weighted by Crippen LogP contribution is 2.29. The minimum absolute atomic E-state index is 0.00881. The van der Waals surface area contributed by atoms with E-state index in [9.17, 15) is 19.2 Å². The summed E-state index contributed by atoms with van der Waals surface area (Å²) in [5.41, 5.74) is 2.69. The summed E-state index contributed by atoms with van der Waals surface area (Å²) in [5.74, 6) is 0.340. The number of hydrogen-bond donors (Lipinski definition) is 1. The fourth-order valence-electron chi connectivity index (χ4n) is 4.19. The molecule has 0 aliphatic carbocycles. The Hall–Kier alpha value is -5.90. The number of ether oxygens (including phenoxy) is 5. The van der Waals surface area contributed by atoms with Crippen LogP contribution >= 0.6 is 0 Å². The topological polar surface area (TPSA) is 126 Å². The van der Waals surface area contributed by atoms with E-state index >= 15 is 0 Å². The van der Waals surface area contributed by atoms with Crippen LogP contribution in [0, 0.1) is 0 Å². The fourth-order valence-corrected chi connectivity index (χ4v) is 4.19. The normalized spacial score (nSPS) is 10.8. The first-order valence-electron chi connectivity index (χ1n) is 13.8. The molecule has 10 nitrogen and oxygen atoms in total. The smallest absolute Gasteiger partial charge is 0.421 e. The van der Waals surface area contributed by atoms with Crippen molar-refractivity contribution in [1.82, 2.24) is 5.32 Å². The van der Waals surface area contributed by atoms with E-state index in [1.165, 1.54) is 19.2 Å². The largest absolute Gasteiger partial charge is 0.497 e. The van der Waals surface area contributed by atoms with Gasteiger partial charge in [0.2, 0.25) is 5.91 Å². The van der Waals surface area contributed by atoms with E-state index in [1.54, 1.807) is 105 Å². The van der Waals surface area contributed by atoms with Gasteiger partial charge in [0.05, 0.1) is 32.5 Å². The predicted octanol–water partition coefficient (Wildman–Crippen LogP) is 6.24. The van der Waals surface area contributed by atoms with Crippen LogP contribution in [0.3, 0.4) is 0 Å². The summed E-state index contributed by atoms with van der Waals surface area (Å²) in [4.78, 5) is 48.6. The van der Waals surface area contributed by atoms with E-state index in [0.29, 0.717) is 46.1 Å². The Morgan fingerprint density at radius 2 is 1.29 bits per heavy atom. The van der Waals surface area contributed by atoms with Gasteiger partial charge in [-0.25, -0.2) is 14.4 Å². The Balaban J connectivity index is 1.33. The highest BCUT2D eigenvalue weighted by molar-refractivity contribution is 6.21. The lowest BCUT2D eigenvalue weighted by Crippen LogP contribution is -2.32. The summed E-state index contributed by atoms with van der Waals surface area (Å²) in [6, 6.07) is 27.4. The van der Waals surface area contributed by atoms with Gasteiger partial charge in [-0.1, -0.05) is 42.5 Å². The van der Waals surface area contributed by atoms with Gasteiger partial charge in [0.25, 0.3) is 0 Å². The van der Waals surface area contributed by atoms with Gasteiger partial charge in [-0.15, -0.1) is 0 Å². The molecule has 0 atom stereocenters. The number of methoxy groups -OCH3 is 3. The Morgan fingerprint density at radius 1 is 0.689 bits per heavy atom. The molecule has 45 heavy (non-hydrogen) atoms. The van der Waals surface area contributed by atoms with Crippen molar-refractivity contribution in [3.05, 3.63) is 119 Å². The number of nitrogens with one attached hydrogen (secondary N) is 1. The van der Waals surface area contributed by atoms with Crippen molar-refractivity contribution in [2.45, 2.75) is 12.8 Å². The molecule has 0 radical (unpaired) electrons. The molecule has 1 N–H and O–H groups in total. The van der Waals surface area contributed by atoms with Crippen LogP contribution in [0.1, 0.15) is 33.5 Å². The molecule has 4 aromatic rings. The number of imide groups is 1. The molecule has 0 saturated carbocycles. The van der Waals surface area contributed by atoms with E-state index < -0.39 is 23.9 Å². The molecule has 10 heteroatoms. The first-order chi connectivity index (χ1) is 21.8. The maximum Gasteiger partial charge on any atom is 0.421 e. The molecule has 0 aliphatic heterocycles. The lowest BCUT2D eigenvalue weighted by Gasteiger charge is -2.11. The van der Waals surface area contributed by atoms with Crippen LogP contribution in [-0.4, -0.2) is 45.3 Å². The number of esters is 2. The van der Waals surface area contributed by atoms with Crippen LogP contribution < -0.4 is 19.5 Å². The molecule has 0 saturated heterocycles. The van der Waals surface area contributed by atoms with Crippen molar-refractivity contribution in [1.29, 1.82) is 0 Å². The fraction of sp³-hybridized carbons (Fsp3) is 0.143. The van der Waals surface area contributed by atoms with Gasteiger partial charge in [-0.2, -0.15) is 0 Å². The van der Waals surface area contributed by atoms with E-state index in [4.69, 9.17) is 18.9 Å². The lowest BCUT2D eigenvalue weighted by atomic mass is 10.0. The number of aryl methyl sites for hydroxylation is 1. The molecule has 0 fully saturated rings. The number of carbonyl (C=O) groups is 4. The molecule has 0 aliphatic rings. The molecule has 0 bridgehead atoms. The molecule has 2 amide bonds. The number of hydrogen-bond acceptors (Lipinski definition) is 9. The van der Waals surface area contributed by atoms with Gasteiger partial charge in [0, 0.05) is 12.5 Å². The second kappa shape index (κ2) is 15.5. The summed E-state index contributed by atoms with van der Waals surface area (Å²) in [5, 5.41) is 2.05. The van der Waals surface area contributed by atoms with Crippen molar-refractivity contribution in [3.8, 4) is 23.0 Å². The molecule has 4 aromatic carbocycles. The maximum atomic E-state index is 12.6. The predicted molar refractivity (Wildman–Crippen MR) is 166 cm³/mol. The summed E-state index contributed by atoms with van der Waals surface area (Å²) >= 11 is 0. The van der Waals surface area contributed by atoms with Crippen LogP contribution in [0.4, 0.5) is 4.79 Å². The van der Waals surface area contributed by atoms with Crippen molar-refractivity contribution >= 4 is 35.6 Å². The van der Waals surface area contributed by atoms with Gasteiger partial charge >= 0.3 is 18.0 Å².